The summed E-state index contributed by atoms with van der Waals surface area (Å²) in [7, 11) is 1.30. The van der Waals surface area contributed by atoms with Crippen LogP contribution in [0.5, 0.6) is 0 Å². The van der Waals surface area contributed by atoms with Crippen LogP contribution in [0.1, 0.15) is 69.6 Å². The van der Waals surface area contributed by atoms with Gasteiger partial charge in [-0.15, -0.1) is 0 Å². The number of imidazole rings is 2. The lowest BCUT2D eigenvalue weighted by Gasteiger charge is -2.30. The molecule has 8 rings (SSSR count). The van der Waals surface area contributed by atoms with Crippen molar-refractivity contribution in [2.75, 3.05) is 19.0 Å². The van der Waals surface area contributed by atoms with Crippen molar-refractivity contribution in [1.29, 1.82) is 0 Å². The zero-order valence-corrected chi connectivity index (χ0v) is 30.9. The van der Waals surface area contributed by atoms with Crippen molar-refractivity contribution >= 4 is 23.6 Å². The molecule has 3 aromatic carbocycles. The molecule has 11 heteroatoms. The van der Waals surface area contributed by atoms with Crippen LogP contribution in [-0.4, -0.2) is 62.4 Å². The number of benzene rings is 3. The van der Waals surface area contributed by atoms with E-state index in [0.717, 1.165) is 83.1 Å². The van der Waals surface area contributed by atoms with Crippen LogP contribution in [0.4, 0.5) is 10.5 Å². The Morgan fingerprint density at radius 3 is 2.00 bits per heavy atom. The summed E-state index contributed by atoms with van der Waals surface area (Å²) in [6.07, 6.45) is 8.09. The van der Waals surface area contributed by atoms with E-state index < -0.39 is 12.1 Å². The molecule has 3 aliphatic rings. The lowest BCUT2D eigenvalue weighted by atomic mass is 9.78. The van der Waals surface area contributed by atoms with Crippen LogP contribution in [0.3, 0.4) is 0 Å². The van der Waals surface area contributed by atoms with Crippen molar-refractivity contribution in [2.45, 2.75) is 64.0 Å². The van der Waals surface area contributed by atoms with Crippen LogP contribution in [0.25, 0.3) is 33.6 Å². The molecule has 54 heavy (non-hydrogen) atoms. The number of para-hydroxylation sites is 1. The normalized spacial score (nSPS) is 22.4. The molecule has 2 aliphatic carbocycles. The van der Waals surface area contributed by atoms with Gasteiger partial charge in [-0.3, -0.25) is 9.59 Å². The number of fused-ring (bicyclic) bond motifs is 2. The molecule has 5 aromatic rings. The Morgan fingerprint density at radius 1 is 0.778 bits per heavy atom. The molecule has 2 saturated carbocycles. The maximum atomic E-state index is 13.5. The summed E-state index contributed by atoms with van der Waals surface area (Å²) in [6.45, 7) is 4.43. The third-order valence-corrected chi connectivity index (χ3v) is 11.7. The summed E-state index contributed by atoms with van der Waals surface area (Å²) < 4.78 is 4.76. The molecule has 2 aromatic heterocycles. The Bertz CT molecular complexity index is 2110. The summed E-state index contributed by atoms with van der Waals surface area (Å²) in [5.41, 5.74) is 6.91. The molecule has 1 aliphatic heterocycles. The van der Waals surface area contributed by atoms with Gasteiger partial charge < -0.3 is 30.2 Å². The Kier molecular flexibility index (Phi) is 9.79. The number of likely N-dealkylation sites (tertiary alicyclic amines) is 1. The van der Waals surface area contributed by atoms with Crippen molar-refractivity contribution in [3.05, 3.63) is 103 Å². The van der Waals surface area contributed by atoms with E-state index in [2.05, 4.69) is 74.1 Å². The number of aromatic nitrogens is 4. The van der Waals surface area contributed by atoms with Crippen LogP contribution >= 0.6 is 0 Å². The highest BCUT2D eigenvalue weighted by atomic mass is 16.5. The number of alkyl carbamates (subject to hydrolysis) is 1. The second-order valence-electron chi connectivity index (χ2n) is 15.3. The Balaban J connectivity index is 0.929. The van der Waals surface area contributed by atoms with Gasteiger partial charge in [0.15, 0.2) is 0 Å². The number of hydrogen-bond acceptors (Lipinski definition) is 6. The molecular formula is C43H47N7O4. The van der Waals surface area contributed by atoms with Gasteiger partial charge in [0.1, 0.15) is 17.7 Å². The number of hydrogen-bond donors (Lipinski definition) is 4. The maximum Gasteiger partial charge on any atom is 0.407 e. The minimum absolute atomic E-state index is 0.0809. The van der Waals surface area contributed by atoms with E-state index in [1.54, 1.807) is 0 Å². The predicted molar refractivity (Wildman–Crippen MR) is 207 cm³/mol. The fourth-order valence-corrected chi connectivity index (χ4v) is 8.99. The zero-order chi connectivity index (χ0) is 37.3. The number of anilines is 1. The van der Waals surface area contributed by atoms with E-state index in [4.69, 9.17) is 9.72 Å². The van der Waals surface area contributed by atoms with Crippen molar-refractivity contribution < 1.29 is 19.1 Å². The second kappa shape index (κ2) is 15.0. The van der Waals surface area contributed by atoms with Gasteiger partial charge in [-0.05, 0) is 84.2 Å². The molecule has 0 spiro atoms. The highest BCUT2D eigenvalue weighted by Crippen LogP contribution is 2.56. The maximum absolute atomic E-state index is 13.5. The lowest BCUT2D eigenvalue weighted by Crippen LogP contribution is -2.51. The zero-order valence-electron chi connectivity index (χ0n) is 30.9. The molecule has 3 amide bonds. The monoisotopic (exact) mass is 725 g/mol. The minimum atomic E-state index is -0.675. The third kappa shape index (κ3) is 6.90. The number of rotatable bonds is 10. The van der Waals surface area contributed by atoms with Crippen molar-refractivity contribution in [2.24, 2.45) is 23.7 Å². The van der Waals surface area contributed by atoms with Gasteiger partial charge >= 0.3 is 6.09 Å². The molecule has 11 nitrogen and oxygen atoms in total. The fourth-order valence-electron chi connectivity index (χ4n) is 8.99. The van der Waals surface area contributed by atoms with Gasteiger partial charge in [-0.2, -0.15) is 0 Å². The molecule has 3 fully saturated rings. The molecular weight excluding hydrogens is 679 g/mol. The fraction of sp³-hybridized carbons (Fsp3) is 0.372. The predicted octanol–water partition coefficient (Wildman–Crippen LogP) is 7.95. The van der Waals surface area contributed by atoms with Gasteiger partial charge in [-0.1, -0.05) is 80.6 Å². The summed E-state index contributed by atoms with van der Waals surface area (Å²) in [4.78, 5) is 57.4. The summed E-state index contributed by atoms with van der Waals surface area (Å²) in [6, 6.07) is 25.7. The van der Waals surface area contributed by atoms with Crippen molar-refractivity contribution in [1.82, 2.24) is 30.2 Å². The smallest absolute Gasteiger partial charge is 0.407 e. The topological polar surface area (TPSA) is 145 Å². The lowest BCUT2D eigenvalue weighted by molar-refractivity contribution is -0.135. The minimum Gasteiger partial charge on any atom is -0.453 e. The Hall–Kier alpha value is -5.71. The van der Waals surface area contributed by atoms with Crippen molar-refractivity contribution in [3.63, 3.8) is 0 Å². The van der Waals surface area contributed by atoms with Crippen LogP contribution < -0.4 is 10.6 Å². The number of nitrogens with one attached hydrogen (secondary N) is 4. The summed E-state index contributed by atoms with van der Waals surface area (Å²) in [5.74, 6) is 2.41. The molecule has 4 unspecified atom stereocenters. The van der Waals surface area contributed by atoms with Crippen LogP contribution in [0.15, 0.2) is 91.3 Å². The molecule has 3 heterocycles. The first-order chi connectivity index (χ1) is 26.3. The molecule has 2 bridgehead atoms. The van der Waals surface area contributed by atoms with Crippen LogP contribution in [-0.2, 0) is 14.3 Å². The number of nitrogens with zero attached hydrogens (tertiary/aromatic N) is 3. The number of carbonyl (C=O) groups is 3. The highest BCUT2D eigenvalue weighted by Gasteiger charge is 2.52. The highest BCUT2D eigenvalue weighted by molar-refractivity contribution is 5.93. The number of ether oxygens (including phenoxy) is 1. The van der Waals surface area contributed by atoms with Gasteiger partial charge in [0.2, 0.25) is 11.8 Å². The standard InChI is InChI=1S/C43H47N7O4/c1-25(2)38(49-43(53)54-3)42(52)50-21-7-10-35(50)39-44-23-33(47-39)28-15-11-26(12-16-28)27-13-17-29(18-14-27)34-24-45-40(48-34)36-30-19-20-31(22-30)37(36)41(51)46-32-8-5-4-6-9-32/h4-6,8-9,11-18,23-25,30-31,35-38H,7,10,19-22H2,1-3H3,(H,44,47)(H,45,48)(H,46,51)(H,49,53)/t30?,31?,35-,36?,37?,38-/m0/s1. The summed E-state index contributed by atoms with van der Waals surface area (Å²) >= 11 is 0. The molecule has 4 N–H and O–H groups in total. The number of H-pyrrole nitrogens is 2. The average Bonchev–Trinajstić information content (AvgIpc) is 4.05. The molecule has 1 saturated heterocycles. The van der Waals surface area contributed by atoms with Gasteiger partial charge in [-0.25, -0.2) is 14.8 Å². The Labute approximate surface area is 315 Å². The molecule has 0 radical (unpaired) electrons. The number of carbonyl (C=O) groups excluding carboxylic acids is 3. The van der Waals surface area contributed by atoms with Crippen molar-refractivity contribution in [3.8, 4) is 33.6 Å². The van der Waals surface area contributed by atoms with E-state index >= 15 is 0 Å². The largest absolute Gasteiger partial charge is 0.453 e. The van der Waals surface area contributed by atoms with Crippen LogP contribution in [0, 0.1) is 23.7 Å². The van der Waals surface area contributed by atoms with E-state index in [0.29, 0.717) is 18.4 Å². The Morgan fingerprint density at radius 2 is 1.37 bits per heavy atom. The van der Waals surface area contributed by atoms with Crippen LogP contribution in [0.2, 0.25) is 0 Å². The SMILES string of the molecule is COC(=O)N[C@H](C(=O)N1CCC[C@H]1c1ncc(-c2ccc(-c3ccc(-c4cnc(C5C6CCC(C6)C5C(=O)Nc5ccccc5)[nH]4)cc3)cc2)[nH]1)C(C)C. The quantitative estimate of drug-likeness (QED) is 0.115. The van der Waals surface area contributed by atoms with Gasteiger partial charge in [0.25, 0.3) is 0 Å². The molecule has 278 valence electrons. The first kappa shape index (κ1) is 35.3. The number of methoxy groups -OCH3 is 1. The van der Waals surface area contributed by atoms with Gasteiger partial charge in [0, 0.05) is 18.2 Å². The van der Waals surface area contributed by atoms with E-state index in [1.807, 2.05) is 61.5 Å². The van der Waals surface area contributed by atoms with Gasteiger partial charge in [0.05, 0.1) is 42.9 Å². The third-order valence-electron chi connectivity index (χ3n) is 11.7. The second-order valence-corrected chi connectivity index (χ2v) is 15.3. The van der Waals surface area contributed by atoms with E-state index in [-0.39, 0.29) is 35.6 Å². The number of amides is 3. The van der Waals surface area contributed by atoms with E-state index in [9.17, 15) is 14.4 Å². The average molecular weight is 726 g/mol. The first-order valence-corrected chi connectivity index (χ1v) is 19.1. The number of aromatic amines is 2. The summed E-state index contributed by atoms with van der Waals surface area (Å²) in [5, 5.41) is 5.86. The van der Waals surface area contributed by atoms with E-state index in [1.165, 1.54) is 7.11 Å². The molecule has 6 atom stereocenters. The first-order valence-electron chi connectivity index (χ1n) is 19.1.